The number of hydrogen-bond donors (Lipinski definition) is 1. The van der Waals surface area contributed by atoms with Crippen molar-refractivity contribution in [2.24, 2.45) is 5.41 Å². The highest BCUT2D eigenvalue weighted by Gasteiger charge is 2.38. The minimum atomic E-state index is -0.0388. The number of halogens is 3. The molecule has 23 heavy (non-hydrogen) atoms. The van der Waals surface area contributed by atoms with Crippen LogP contribution in [0.3, 0.4) is 0 Å². The summed E-state index contributed by atoms with van der Waals surface area (Å²) in [6.45, 7) is 3.71. The monoisotopic (exact) mass is 376 g/mol. The van der Waals surface area contributed by atoms with Gasteiger partial charge in [0.25, 0.3) is 5.91 Å². The predicted octanol–water partition coefficient (Wildman–Crippen LogP) is 3.63. The number of piperidine rings is 1. The molecule has 0 atom stereocenters. The summed E-state index contributed by atoms with van der Waals surface area (Å²) in [5.41, 5.74) is 0.394. The molecule has 1 amide bonds. The maximum Gasteiger partial charge on any atom is 0.260 e. The first kappa shape index (κ1) is 17.2. The summed E-state index contributed by atoms with van der Waals surface area (Å²) in [7, 11) is 0. The average molecular weight is 378 g/mol. The lowest BCUT2D eigenvalue weighted by Crippen LogP contribution is -2.45. The molecule has 0 bridgehead atoms. The van der Waals surface area contributed by atoms with Gasteiger partial charge >= 0.3 is 0 Å². The van der Waals surface area contributed by atoms with Gasteiger partial charge in [-0.05, 0) is 37.3 Å². The van der Waals surface area contributed by atoms with Gasteiger partial charge in [-0.25, -0.2) is 0 Å². The maximum atomic E-state index is 12.3. The Labute approximate surface area is 151 Å². The number of ether oxygens (including phenoxy) is 1. The van der Waals surface area contributed by atoms with Gasteiger partial charge in [-0.3, -0.25) is 4.79 Å². The number of nitrogens with zero attached hydrogens (tertiary/aromatic N) is 1. The molecule has 2 fully saturated rings. The highest BCUT2D eigenvalue weighted by atomic mass is 35.5. The first-order valence-corrected chi connectivity index (χ1v) is 8.88. The largest absolute Gasteiger partial charge is 0.482 e. The molecule has 126 valence electrons. The van der Waals surface area contributed by atoms with E-state index in [1.165, 1.54) is 18.6 Å². The van der Waals surface area contributed by atoms with Crippen LogP contribution in [0.25, 0.3) is 0 Å². The van der Waals surface area contributed by atoms with Crippen LogP contribution in [0, 0.1) is 5.41 Å². The molecule has 2 saturated heterocycles. The fraction of sp³-hybridized carbons (Fsp3) is 0.562. The van der Waals surface area contributed by atoms with E-state index in [1.54, 1.807) is 0 Å². The second-order valence-electron chi connectivity index (χ2n) is 6.29. The number of nitrogens with one attached hydrogen (secondary N) is 1. The molecule has 4 nitrogen and oxygen atoms in total. The summed E-state index contributed by atoms with van der Waals surface area (Å²) in [5.74, 6) is 0.357. The zero-order valence-corrected chi connectivity index (χ0v) is 15.0. The van der Waals surface area contributed by atoms with Gasteiger partial charge in [0.2, 0.25) is 0 Å². The van der Waals surface area contributed by atoms with E-state index in [-0.39, 0.29) is 12.5 Å². The van der Waals surface area contributed by atoms with Crippen LogP contribution in [0.15, 0.2) is 12.1 Å². The minimum absolute atomic E-state index is 0.0204. The van der Waals surface area contributed by atoms with Gasteiger partial charge in [0.05, 0.1) is 15.1 Å². The lowest BCUT2D eigenvalue weighted by atomic mass is 9.78. The van der Waals surface area contributed by atoms with E-state index in [1.807, 2.05) is 4.90 Å². The molecule has 0 radical (unpaired) electrons. The van der Waals surface area contributed by atoms with Crippen LogP contribution in [0.2, 0.25) is 15.1 Å². The van der Waals surface area contributed by atoms with E-state index >= 15 is 0 Å². The fourth-order valence-corrected chi connectivity index (χ4v) is 3.89. The topological polar surface area (TPSA) is 41.6 Å². The molecule has 2 aliphatic rings. The van der Waals surface area contributed by atoms with Crippen LogP contribution in [-0.2, 0) is 4.79 Å². The molecule has 7 heteroatoms. The highest BCUT2D eigenvalue weighted by molar-refractivity contribution is 6.43. The molecule has 3 rings (SSSR count). The van der Waals surface area contributed by atoms with Crippen LogP contribution in [0.4, 0.5) is 0 Å². The second-order valence-corrected chi connectivity index (χ2v) is 7.51. The van der Waals surface area contributed by atoms with Crippen molar-refractivity contribution in [1.82, 2.24) is 10.2 Å². The first-order valence-electron chi connectivity index (χ1n) is 7.75. The molecule has 2 heterocycles. The third-order valence-corrected chi connectivity index (χ3v) is 5.85. The Hall–Kier alpha value is -0.680. The van der Waals surface area contributed by atoms with E-state index in [9.17, 15) is 4.79 Å². The van der Waals surface area contributed by atoms with Gasteiger partial charge in [0.1, 0.15) is 5.75 Å². The molecular weight excluding hydrogens is 359 g/mol. The van der Waals surface area contributed by atoms with Crippen LogP contribution in [0.1, 0.15) is 19.3 Å². The summed E-state index contributed by atoms with van der Waals surface area (Å²) >= 11 is 17.9. The number of benzene rings is 1. The first-order chi connectivity index (χ1) is 11.0. The Morgan fingerprint density at radius 1 is 1.13 bits per heavy atom. The number of likely N-dealkylation sites (tertiary alicyclic amines) is 1. The van der Waals surface area contributed by atoms with Crippen molar-refractivity contribution in [1.29, 1.82) is 0 Å². The zero-order valence-electron chi connectivity index (χ0n) is 12.7. The SMILES string of the molecule is O=C(COc1cc(Cl)c(Cl)cc1Cl)N1CCC2(CCNC2)CC1. The van der Waals surface area contributed by atoms with E-state index in [2.05, 4.69) is 5.32 Å². The van der Waals surface area contributed by atoms with Crippen LogP contribution >= 0.6 is 34.8 Å². The number of rotatable bonds is 3. The predicted molar refractivity (Wildman–Crippen MR) is 92.7 cm³/mol. The number of carbonyl (C=O) groups excluding carboxylic acids is 1. The van der Waals surface area contributed by atoms with Crippen LogP contribution in [-0.4, -0.2) is 43.6 Å². The smallest absolute Gasteiger partial charge is 0.260 e. The highest BCUT2D eigenvalue weighted by Crippen LogP contribution is 2.37. The maximum absolute atomic E-state index is 12.3. The summed E-state index contributed by atoms with van der Waals surface area (Å²) in [4.78, 5) is 14.2. The number of amides is 1. The standard InChI is InChI=1S/C16H19Cl3N2O2/c17-11-7-13(19)14(8-12(11)18)23-9-15(22)21-5-2-16(3-6-21)1-4-20-10-16/h7-8,20H,1-6,9-10H2. The average Bonchev–Trinajstić information content (AvgIpc) is 2.98. The van der Waals surface area contributed by atoms with Crippen molar-refractivity contribution in [3.8, 4) is 5.75 Å². The van der Waals surface area contributed by atoms with Gasteiger partial charge in [0.15, 0.2) is 6.61 Å². The summed E-state index contributed by atoms with van der Waals surface area (Å²) in [5, 5.41) is 4.49. The Morgan fingerprint density at radius 2 is 1.83 bits per heavy atom. The van der Waals surface area contributed by atoms with Crippen LogP contribution in [0.5, 0.6) is 5.75 Å². The molecule has 1 N–H and O–H groups in total. The summed E-state index contributed by atoms with van der Waals surface area (Å²) in [6.07, 6.45) is 3.32. The minimum Gasteiger partial charge on any atom is -0.482 e. The van der Waals surface area contributed by atoms with Crippen molar-refractivity contribution >= 4 is 40.7 Å². The Morgan fingerprint density at radius 3 is 2.48 bits per heavy atom. The normalized spacial score (nSPS) is 20.0. The lowest BCUT2D eigenvalue weighted by Gasteiger charge is -2.38. The molecule has 0 aromatic heterocycles. The second kappa shape index (κ2) is 7.06. The third kappa shape index (κ3) is 3.87. The van der Waals surface area contributed by atoms with Gasteiger partial charge in [0, 0.05) is 25.7 Å². The third-order valence-electron chi connectivity index (χ3n) is 4.83. The van der Waals surface area contributed by atoms with Crippen molar-refractivity contribution < 1.29 is 9.53 Å². The van der Waals surface area contributed by atoms with Gasteiger partial charge in [-0.2, -0.15) is 0 Å². The zero-order chi connectivity index (χ0) is 16.4. The van der Waals surface area contributed by atoms with E-state index in [0.29, 0.717) is 26.2 Å². The number of carbonyl (C=O) groups is 1. The van der Waals surface area contributed by atoms with Crippen LogP contribution < -0.4 is 10.1 Å². The van der Waals surface area contributed by atoms with Gasteiger partial charge in [-0.15, -0.1) is 0 Å². The van der Waals surface area contributed by atoms with E-state index in [4.69, 9.17) is 39.5 Å². The van der Waals surface area contributed by atoms with E-state index < -0.39 is 0 Å². The molecule has 0 saturated carbocycles. The summed E-state index contributed by atoms with van der Waals surface area (Å²) < 4.78 is 5.53. The van der Waals surface area contributed by atoms with E-state index in [0.717, 1.165) is 39.0 Å². The molecular formula is C16H19Cl3N2O2. The Bertz CT molecular complexity index is 593. The molecule has 1 aromatic carbocycles. The summed E-state index contributed by atoms with van der Waals surface area (Å²) in [6, 6.07) is 3.05. The Kier molecular flexibility index (Phi) is 5.26. The van der Waals surface area contributed by atoms with Crippen molar-refractivity contribution in [2.45, 2.75) is 19.3 Å². The molecule has 0 unspecified atom stereocenters. The molecule has 0 aliphatic carbocycles. The Balaban J connectivity index is 1.53. The quantitative estimate of drug-likeness (QED) is 0.818. The fourth-order valence-electron chi connectivity index (χ4n) is 3.30. The lowest BCUT2D eigenvalue weighted by molar-refractivity contribution is -0.135. The van der Waals surface area contributed by atoms with Gasteiger partial charge in [-0.1, -0.05) is 34.8 Å². The molecule has 2 aliphatic heterocycles. The van der Waals surface area contributed by atoms with Crippen molar-refractivity contribution in [2.75, 3.05) is 32.8 Å². The van der Waals surface area contributed by atoms with Gasteiger partial charge < -0.3 is 15.0 Å². The molecule has 1 spiro atoms. The van der Waals surface area contributed by atoms with Crippen molar-refractivity contribution in [3.05, 3.63) is 27.2 Å². The number of hydrogen-bond acceptors (Lipinski definition) is 3. The van der Waals surface area contributed by atoms with Crippen molar-refractivity contribution in [3.63, 3.8) is 0 Å². The molecule has 1 aromatic rings.